The minimum atomic E-state index is -0.813. The zero-order valence-corrected chi connectivity index (χ0v) is 28.4. The van der Waals surface area contributed by atoms with Crippen molar-refractivity contribution in [3.8, 4) is 0 Å². The van der Waals surface area contributed by atoms with Crippen molar-refractivity contribution >= 4 is 0 Å². The molecule has 10 heteroatoms. The first-order chi connectivity index (χ1) is 15.5. The van der Waals surface area contributed by atoms with E-state index in [0.717, 1.165) is 0 Å². The number of nitrogens with zero attached hydrogens (tertiary/aromatic N) is 7. The second-order valence-corrected chi connectivity index (χ2v) is 10.1. The van der Waals surface area contributed by atoms with Gasteiger partial charge in [-0.2, -0.15) is 42.3 Å². The van der Waals surface area contributed by atoms with Crippen LogP contribution in [0.3, 0.4) is 0 Å². The average molecular weight is 582 g/mol. The molecule has 0 aromatic carbocycles. The van der Waals surface area contributed by atoms with Gasteiger partial charge in [-0.05, 0) is 55.4 Å². The summed E-state index contributed by atoms with van der Waals surface area (Å²) in [5, 5.41) is 40.2. The van der Waals surface area contributed by atoms with Crippen LogP contribution in [-0.4, -0.2) is 112 Å². The maximum Gasteiger partial charge on any atom is 0.0199 e. The third-order valence-corrected chi connectivity index (χ3v) is 4.28. The van der Waals surface area contributed by atoms with E-state index in [9.17, 15) is 10.2 Å². The fourth-order valence-corrected chi connectivity index (χ4v) is 3.16. The number of hydrogen-bond acceptors (Lipinski definition) is 4. The van der Waals surface area contributed by atoms with Crippen molar-refractivity contribution in [3.63, 3.8) is 0 Å². The van der Waals surface area contributed by atoms with Gasteiger partial charge in [-0.3, -0.25) is 9.80 Å². The zero-order valence-electron chi connectivity index (χ0n) is 25.9. The largest absolute Gasteiger partial charge is 0.668 e. The van der Waals surface area contributed by atoms with Crippen molar-refractivity contribution in [2.24, 2.45) is 5.41 Å². The van der Waals surface area contributed by atoms with E-state index >= 15 is 0 Å². The van der Waals surface area contributed by atoms with Gasteiger partial charge in [-0.25, -0.2) is 0 Å². The molecule has 0 aromatic rings. The van der Waals surface area contributed by atoms with Crippen LogP contribution in [-0.2, 0) is 26.2 Å². The molecule has 35 heavy (non-hydrogen) atoms. The molecular formula is C25H60N7O2Zr-5. The molecule has 0 radical (unpaired) electrons. The minimum Gasteiger partial charge on any atom is -0.668 e. The predicted octanol–water partition coefficient (Wildman–Crippen LogP) is 5.41. The smallest absolute Gasteiger partial charge is 0.0199 e. The van der Waals surface area contributed by atoms with Crippen molar-refractivity contribution in [2.75, 3.05) is 55.4 Å². The molecule has 2 atom stereocenters. The van der Waals surface area contributed by atoms with Crippen molar-refractivity contribution < 1.29 is 36.4 Å². The molecule has 0 fully saturated rings. The molecule has 2 N–H and O–H groups in total. The molecule has 0 rings (SSSR count). The van der Waals surface area contributed by atoms with Gasteiger partial charge in [0.25, 0.3) is 0 Å². The van der Waals surface area contributed by atoms with Crippen LogP contribution < -0.4 is 0 Å². The first-order valence-corrected chi connectivity index (χ1v) is 12.2. The standard InChI is InChI=1S/C19H42N4O2.3C2H6N.Zr/c1-13(2)22(14(3)4)17(24)20-11-19(9,10)12-21-18(25)23(15(5)6)16(7)8;3*1-3-2;/h13-18,24-25H,11-12H2,1-10H3;3*1-2H3;/q-2;3*-1;. The van der Waals surface area contributed by atoms with Crippen LogP contribution in [0.2, 0.25) is 0 Å². The van der Waals surface area contributed by atoms with Crippen LogP contribution in [0.25, 0.3) is 26.6 Å². The summed E-state index contributed by atoms with van der Waals surface area (Å²) in [6.07, 6.45) is -1.63. The van der Waals surface area contributed by atoms with E-state index in [2.05, 4.69) is 95.8 Å². The van der Waals surface area contributed by atoms with E-state index in [1.165, 1.54) is 0 Å². The molecular weight excluding hydrogens is 522 g/mol. The molecule has 216 valence electrons. The van der Waals surface area contributed by atoms with Gasteiger partial charge in [0.2, 0.25) is 0 Å². The summed E-state index contributed by atoms with van der Waals surface area (Å²) in [4.78, 5) is 3.95. The Bertz CT molecular complexity index is 363. The molecule has 0 spiro atoms. The van der Waals surface area contributed by atoms with Crippen LogP contribution in [0.1, 0.15) is 69.2 Å². The minimum absolute atomic E-state index is 0. The van der Waals surface area contributed by atoms with E-state index in [-0.39, 0.29) is 55.8 Å². The molecule has 2 unspecified atom stereocenters. The molecule has 0 aromatic heterocycles. The Labute approximate surface area is 239 Å². The maximum atomic E-state index is 10.4. The second-order valence-electron chi connectivity index (χ2n) is 10.1. The van der Waals surface area contributed by atoms with Gasteiger partial charge in [0, 0.05) is 63.1 Å². The summed E-state index contributed by atoms with van der Waals surface area (Å²) < 4.78 is 0. The topological polar surface area (TPSA) is 117 Å². The molecule has 9 nitrogen and oxygen atoms in total. The number of rotatable bonds is 12. The van der Waals surface area contributed by atoms with E-state index < -0.39 is 12.7 Å². The van der Waals surface area contributed by atoms with Crippen molar-refractivity contribution in [2.45, 2.75) is 106 Å². The summed E-state index contributed by atoms with van der Waals surface area (Å²) in [7, 11) is 10.5. The summed E-state index contributed by atoms with van der Waals surface area (Å²) in [6, 6.07) is 0.885. The third kappa shape index (κ3) is 27.4. The van der Waals surface area contributed by atoms with Gasteiger partial charge < -0.3 is 36.8 Å². The number of aliphatic hydroxyl groups is 2. The number of hydrogen-bond donors (Lipinski definition) is 2. The van der Waals surface area contributed by atoms with Crippen molar-refractivity contribution in [1.29, 1.82) is 0 Å². The van der Waals surface area contributed by atoms with Crippen LogP contribution >= 0.6 is 0 Å². The van der Waals surface area contributed by atoms with E-state index in [4.69, 9.17) is 0 Å². The SMILES string of the molecule is CC(C)N(C(C)C)C(O)[N-]CC(C)(C)C[N-]C(O)N(C(C)C)C(C)C.C[N-]C.C[N-]C.C[N-]C.[Zr]. The Hall–Kier alpha value is 0.523. The Morgan fingerprint density at radius 3 is 0.857 bits per heavy atom. The van der Waals surface area contributed by atoms with Gasteiger partial charge in [-0.1, -0.05) is 19.3 Å². The zero-order chi connectivity index (χ0) is 28.1. The fourth-order valence-electron chi connectivity index (χ4n) is 3.16. The van der Waals surface area contributed by atoms with Gasteiger partial charge in [0.1, 0.15) is 0 Å². The second kappa shape index (κ2) is 27.6. The Kier molecular flexibility index (Phi) is 35.8. The predicted molar refractivity (Wildman–Crippen MR) is 152 cm³/mol. The molecule has 0 aliphatic heterocycles. The van der Waals surface area contributed by atoms with Gasteiger partial charge in [0.05, 0.1) is 0 Å². The third-order valence-electron chi connectivity index (χ3n) is 4.28. The fraction of sp³-hybridized carbons (Fsp3) is 1.00. The summed E-state index contributed by atoms with van der Waals surface area (Å²) >= 11 is 0. The molecule has 0 heterocycles. The first kappa shape index (κ1) is 45.4. The van der Waals surface area contributed by atoms with E-state index in [1.54, 1.807) is 42.3 Å². The average Bonchev–Trinajstić information content (AvgIpc) is 2.66. The Morgan fingerprint density at radius 1 is 0.543 bits per heavy atom. The maximum absolute atomic E-state index is 10.4. The molecule has 0 saturated carbocycles. The quantitative estimate of drug-likeness (QED) is 0.300. The van der Waals surface area contributed by atoms with E-state index in [0.29, 0.717) is 13.1 Å². The number of aliphatic hydroxyl groups excluding tert-OH is 2. The monoisotopic (exact) mass is 580 g/mol. The van der Waals surface area contributed by atoms with E-state index in [1.807, 2.05) is 9.80 Å². The molecule has 0 aliphatic carbocycles. The molecule has 0 saturated heterocycles. The summed E-state index contributed by atoms with van der Waals surface area (Å²) in [5.41, 5.74) is -0.221. The van der Waals surface area contributed by atoms with Gasteiger partial charge in [0.15, 0.2) is 0 Å². The summed E-state index contributed by atoms with van der Waals surface area (Å²) in [6.45, 7) is 21.6. The summed E-state index contributed by atoms with van der Waals surface area (Å²) in [5.74, 6) is 0. The normalized spacial score (nSPS) is 13.0. The van der Waals surface area contributed by atoms with Crippen molar-refractivity contribution in [3.05, 3.63) is 26.6 Å². The van der Waals surface area contributed by atoms with Crippen LogP contribution in [0.4, 0.5) is 0 Å². The molecule has 0 amide bonds. The van der Waals surface area contributed by atoms with Crippen LogP contribution in [0.5, 0.6) is 0 Å². The van der Waals surface area contributed by atoms with Crippen LogP contribution in [0, 0.1) is 5.41 Å². The van der Waals surface area contributed by atoms with Gasteiger partial charge in [-0.15, -0.1) is 13.1 Å². The Morgan fingerprint density at radius 2 is 0.714 bits per heavy atom. The van der Waals surface area contributed by atoms with Gasteiger partial charge >= 0.3 is 0 Å². The molecule has 0 aliphatic rings. The molecule has 0 bridgehead atoms. The van der Waals surface area contributed by atoms with Crippen molar-refractivity contribution in [1.82, 2.24) is 9.80 Å². The first-order valence-electron chi connectivity index (χ1n) is 12.2. The Balaban J connectivity index is -0.000000259. The van der Waals surface area contributed by atoms with Crippen LogP contribution in [0.15, 0.2) is 0 Å².